The Bertz CT molecular complexity index is 335. The molecule has 0 heterocycles. The molecule has 2 aliphatic carbocycles. The smallest absolute Gasteiger partial charge is 0.171 e. The molecule has 0 aromatic rings. The molecule has 2 aliphatic rings. The summed E-state index contributed by atoms with van der Waals surface area (Å²) in [4.78, 5) is 4.69. The van der Waals surface area contributed by atoms with Crippen LogP contribution in [0.15, 0.2) is 0 Å². The van der Waals surface area contributed by atoms with Crippen molar-refractivity contribution in [3.63, 3.8) is 0 Å². The van der Waals surface area contributed by atoms with Crippen molar-refractivity contribution in [3.8, 4) is 0 Å². The van der Waals surface area contributed by atoms with Crippen molar-refractivity contribution in [2.24, 2.45) is 5.90 Å². The lowest BCUT2D eigenvalue weighted by Crippen LogP contribution is -2.20. The Kier molecular flexibility index (Phi) is 18.5. The Hall–Kier alpha value is -0.170. The van der Waals surface area contributed by atoms with E-state index in [2.05, 4.69) is 0 Å². The zero-order valence-corrected chi connectivity index (χ0v) is 13.4. The minimum Gasteiger partial charge on any atom is -0.362 e. The summed E-state index contributed by atoms with van der Waals surface area (Å²) < 4.78 is 26.8. The molecule has 0 radical (unpaired) electrons. The van der Waals surface area contributed by atoms with Gasteiger partial charge in [-0.15, -0.1) is 0 Å². The average molecular weight is 356 g/mol. The highest BCUT2D eigenvalue weighted by atomic mass is 32.2. The maximum absolute atomic E-state index is 10.7. The van der Waals surface area contributed by atoms with Gasteiger partial charge in [0.2, 0.25) is 0 Å². The number of rotatable bonds is 4. The Morgan fingerprint density at radius 2 is 1.22 bits per heavy atom. The van der Waals surface area contributed by atoms with Crippen molar-refractivity contribution in [2.45, 2.75) is 98.7 Å². The zero-order chi connectivity index (χ0) is 14.8. The predicted octanol–water partition coefficient (Wildman–Crippen LogP) is 4.46. The van der Waals surface area contributed by atoms with Gasteiger partial charge in [-0.25, -0.2) is 14.3 Å². The van der Waals surface area contributed by atoms with Crippen molar-refractivity contribution in [1.29, 1.82) is 0 Å². The molecular weight excluding hydrogens is 314 g/mol. The van der Waals surface area contributed by atoms with E-state index in [1.54, 1.807) is 0 Å². The van der Waals surface area contributed by atoms with Gasteiger partial charge in [0.05, 0.1) is 12.2 Å². The van der Waals surface area contributed by atoms with Gasteiger partial charge in [0.15, 0.2) is 9.84 Å². The van der Waals surface area contributed by atoms with E-state index >= 15 is 0 Å². The molecule has 2 rings (SSSR count). The Labute approximate surface area is 145 Å². The standard InChI is InChI=1S/C8H16O3S.C6H13NO.3CH4/c1-12(9,10)7-11-8-5-3-2-4-6-8;7-8-6-4-2-1-3-5-6;;;/h8H,2-7H2,1H3;6H,1-5,7H2;3*1H4. The molecule has 0 unspecified atom stereocenters. The average Bonchev–Trinajstić information content (AvgIpc) is 2.47. The van der Waals surface area contributed by atoms with Crippen LogP contribution in [-0.2, 0) is 19.4 Å². The Morgan fingerprint density at radius 1 is 0.826 bits per heavy atom. The predicted molar refractivity (Wildman–Crippen MR) is 100 cm³/mol. The highest BCUT2D eigenvalue weighted by Crippen LogP contribution is 2.20. The largest absolute Gasteiger partial charge is 0.362 e. The van der Waals surface area contributed by atoms with Crippen molar-refractivity contribution in [2.75, 3.05) is 12.2 Å². The van der Waals surface area contributed by atoms with E-state index in [1.165, 1.54) is 44.8 Å². The highest BCUT2D eigenvalue weighted by molar-refractivity contribution is 7.90. The molecule has 2 saturated carbocycles. The maximum atomic E-state index is 10.7. The maximum Gasteiger partial charge on any atom is 0.171 e. The molecular formula is C17H41NO4S. The fraction of sp³-hybridized carbons (Fsp3) is 1.00. The molecule has 0 aliphatic heterocycles. The quantitative estimate of drug-likeness (QED) is 0.753. The molecule has 0 saturated heterocycles. The summed E-state index contributed by atoms with van der Waals surface area (Å²) in [5.41, 5.74) is 0. The first kappa shape index (κ1) is 27.7. The van der Waals surface area contributed by atoms with Gasteiger partial charge in [-0.05, 0) is 25.7 Å². The van der Waals surface area contributed by atoms with Gasteiger partial charge in [-0.2, -0.15) is 0 Å². The van der Waals surface area contributed by atoms with Gasteiger partial charge in [0.25, 0.3) is 0 Å². The first-order chi connectivity index (χ1) is 9.51. The lowest BCUT2D eigenvalue weighted by Gasteiger charge is -2.21. The Morgan fingerprint density at radius 3 is 1.52 bits per heavy atom. The van der Waals surface area contributed by atoms with Crippen LogP contribution in [0.25, 0.3) is 0 Å². The van der Waals surface area contributed by atoms with Crippen LogP contribution in [0.5, 0.6) is 0 Å². The summed E-state index contributed by atoms with van der Waals surface area (Å²) >= 11 is 0. The number of hydrogen-bond acceptors (Lipinski definition) is 5. The van der Waals surface area contributed by atoms with E-state index in [4.69, 9.17) is 15.5 Å². The van der Waals surface area contributed by atoms with Crippen LogP contribution in [0.2, 0.25) is 0 Å². The number of nitrogens with two attached hydrogens (primary N) is 1. The van der Waals surface area contributed by atoms with Crippen molar-refractivity contribution in [3.05, 3.63) is 0 Å². The molecule has 144 valence electrons. The third-order valence-electron chi connectivity index (χ3n) is 3.81. The molecule has 0 atom stereocenters. The molecule has 0 bridgehead atoms. The summed E-state index contributed by atoms with van der Waals surface area (Å²) in [5.74, 6) is 4.89. The van der Waals surface area contributed by atoms with E-state index in [-0.39, 0.29) is 34.3 Å². The van der Waals surface area contributed by atoms with Crippen LogP contribution < -0.4 is 5.90 Å². The molecule has 0 amide bonds. The van der Waals surface area contributed by atoms with Crippen LogP contribution in [-0.4, -0.2) is 32.8 Å². The summed E-state index contributed by atoms with van der Waals surface area (Å²) in [6.45, 7) is 0. The summed E-state index contributed by atoms with van der Waals surface area (Å²) in [6.07, 6.45) is 13.7. The lowest BCUT2D eigenvalue weighted by atomic mass is 9.98. The van der Waals surface area contributed by atoms with Crippen LogP contribution in [0, 0.1) is 0 Å². The van der Waals surface area contributed by atoms with Crippen LogP contribution >= 0.6 is 0 Å². The second-order valence-corrected chi connectivity index (χ2v) is 7.95. The topological polar surface area (TPSA) is 78.6 Å². The Balaban J connectivity index is -0.000000325. The summed E-state index contributed by atoms with van der Waals surface area (Å²) in [6, 6.07) is 0. The van der Waals surface area contributed by atoms with E-state index in [1.807, 2.05) is 0 Å². The van der Waals surface area contributed by atoms with Crippen molar-refractivity contribution < 1.29 is 18.0 Å². The van der Waals surface area contributed by atoms with E-state index in [0.29, 0.717) is 6.10 Å². The first-order valence-electron chi connectivity index (χ1n) is 7.66. The molecule has 0 aromatic carbocycles. The van der Waals surface area contributed by atoms with Gasteiger partial charge in [-0.3, -0.25) is 0 Å². The lowest BCUT2D eigenvalue weighted by molar-refractivity contribution is 0.0279. The third-order valence-corrected chi connectivity index (χ3v) is 4.38. The molecule has 0 spiro atoms. The summed E-state index contributed by atoms with van der Waals surface area (Å²) in [7, 11) is -2.95. The number of ether oxygens (including phenoxy) is 1. The fourth-order valence-corrected chi connectivity index (χ4v) is 3.09. The molecule has 0 aromatic heterocycles. The van der Waals surface area contributed by atoms with E-state index in [9.17, 15) is 8.42 Å². The molecule has 2 N–H and O–H groups in total. The molecule has 23 heavy (non-hydrogen) atoms. The second kappa shape index (κ2) is 15.4. The van der Waals surface area contributed by atoms with Crippen LogP contribution in [0.3, 0.4) is 0 Å². The minimum absolute atomic E-state index is 0. The van der Waals surface area contributed by atoms with Crippen LogP contribution in [0.4, 0.5) is 0 Å². The zero-order valence-electron chi connectivity index (χ0n) is 12.6. The highest BCUT2D eigenvalue weighted by Gasteiger charge is 2.15. The number of hydrogen-bond donors (Lipinski definition) is 1. The molecule has 6 heteroatoms. The second-order valence-electron chi connectivity index (χ2n) is 5.87. The van der Waals surface area contributed by atoms with Gasteiger partial charge >= 0.3 is 0 Å². The third kappa shape index (κ3) is 15.1. The molecule has 5 nitrogen and oxygen atoms in total. The van der Waals surface area contributed by atoms with Gasteiger partial charge in [-0.1, -0.05) is 60.8 Å². The van der Waals surface area contributed by atoms with E-state index in [0.717, 1.165) is 25.7 Å². The minimum atomic E-state index is -2.95. The van der Waals surface area contributed by atoms with Gasteiger partial charge in [0, 0.05) is 6.26 Å². The van der Waals surface area contributed by atoms with Crippen molar-refractivity contribution in [1.82, 2.24) is 0 Å². The number of sulfone groups is 1. The normalized spacial score (nSPS) is 19.2. The van der Waals surface area contributed by atoms with Crippen LogP contribution in [0.1, 0.15) is 86.5 Å². The molecule has 2 fully saturated rings. The van der Waals surface area contributed by atoms with Gasteiger partial charge in [0.1, 0.15) is 5.94 Å². The van der Waals surface area contributed by atoms with E-state index < -0.39 is 9.84 Å². The monoisotopic (exact) mass is 355 g/mol. The van der Waals surface area contributed by atoms with Gasteiger partial charge < -0.3 is 9.57 Å². The van der Waals surface area contributed by atoms with Crippen molar-refractivity contribution >= 4 is 9.84 Å². The summed E-state index contributed by atoms with van der Waals surface area (Å²) in [5, 5.41) is 0. The first-order valence-corrected chi connectivity index (χ1v) is 9.72. The fourth-order valence-electron chi connectivity index (χ4n) is 2.65. The SMILES string of the molecule is C.C.C.CS(=O)(=O)COC1CCCCC1.NOC1CCCCC1.